The SMILES string of the molecule is CCc1ccc2c(c1)c(=O)c(S(=O)(=O)c1ccc(OC)cc1)cn2C. The lowest BCUT2D eigenvalue weighted by Crippen LogP contribution is -2.18. The van der Waals surface area contributed by atoms with Gasteiger partial charge in [0, 0.05) is 18.6 Å². The van der Waals surface area contributed by atoms with Crippen molar-refractivity contribution < 1.29 is 13.2 Å². The third-order valence-electron chi connectivity index (χ3n) is 4.29. The van der Waals surface area contributed by atoms with Crippen molar-refractivity contribution in [2.45, 2.75) is 23.1 Å². The second-order valence-electron chi connectivity index (χ2n) is 5.82. The van der Waals surface area contributed by atoms with Gasteiger partial charge in [0.15, 0.2) is 0 Å². The number of ether oxygens (including phenoxy) is 1. The van der Waals surface area contributed by atoms with E-state index < -0.39 is 15.3 Å². The maximum atomic E-state index is 13.0. The van der Waals surface area contributed by atoms with Gasteiger partial charge in [-0.1, -0.05) is 13.0 Å². The van der Waals surface area contributed by atoms with E-state index in [2.05, 4.69) is 0 Å². The Kier molecular flexibility index (Phi) is 4.39. The molecular formula is C19H19NO4S. The van der Waals surface area contributed by atoms with E-state index in [-0.39, 0.29) is 9.79 Å². The Morgan fingerprint density at radius 2 is 1.76 bits per heavy atom. The Balaban J connectivity index is 2.26. The quantitative estimate of drug-likeness (QED) is 0.720. The van der Waals surface area contributed by atoms with Crippen LogP contribution >= 0.6 is 0 Å². The molecule has 0 aliphatic heterocycles. The molecule has 0 N–H and O–H groups in total. The second-order valence-corrected chi connectivity index (χ2v) is 7.74. The fourth-order valence-corrected chi connectivity index (χ4v) is 4.20. The fraction of sp³-hybridized carbons (Fsp3) is 0.211. The number of hydrogen-bond donors (Lipinski definition) is 0. The number of hydrogen-bond acceptors (Lipinski definition) is 4. The fourth-order valence-electron chi connectivity index (χ4n) is 2.80. The number of rotatable bonds is 4. The Labute approximate surface area is 146 Å². The highest BCUT2D eigenvalue weighted by atomic mass is 32.2. The zero-order valence-corrected chi connectivity index (χ0v) is 15.1. The number of pyridine rings is 1. The van der Waals surface area contributed by atoms with Crippen molar-refractivity contribution in [3.8, 4) is 5.75 Å². The van der Waals surface area contributed by atoms with Gasteiger partial charge >= 0.3 is 0 Å². The molecule has 1 aromatic heterocycles. The van der Waals surface area contributed by atoms with Crippen LogP contribution in [0.25, 0.3) is 10.9 Å². The number of aryl methyl sites for hydroxylation is 2. The number of methoxy groups -OCH3 is 1. The summed E-state index contributed by atoms with van der Waals surface area (Å²) in [7, 11) is -0.673. The molecule has 6 heteroatoms. The van der Waals surface area contributed by atoms with Crippen molar-refractivity contribution in [1.82, 2.24) is 4.57 Å². The normalized spacial score (nSPS) is 11.6. The molecule has 0 unspecified atom stereocenters. The van der Waals surface area contributed by atoms with Crippen LogP contribution in [0, 0.1) is 0 Å². The highest BCUT2D eigenvalue weighted by Crippen LogP contribution is 2.23. The Morgan fingerprint density at radius 1 is 1.08 bits per heavy atom. The molecule has 0 amide bonds. The van der Waals surface area contributed by atoms with Gasteiger partial charge in [-0.15, -0.1) is 0 Å². The van der Waals surface area contributed by atoms with Crippen LogP contribution in [0.1, 0.15) is 12.5 Å². The number of sulfone groups is 1. The van der Waals surface area contributed by atoms with Crippen LogP contribution in [0.4, 0.5) is 0 Å². The van der Waals surface area contributed by atoms with E-state index in [4.69, 9.17) is 4.74 Å². The highest BCUT2D eigenvalue weighted by Gasteiger charge is 2.23. The second kappa shape index (κ2) is 6.37. The molecule has 3 aromatic rings. The van der Waals surface area contributed by atoms with E-state index in [0.717, 1.165) is 12.0 Å². The predicted octanol–water partition coefficient (Wildman–Crippen LogP) is 2.94. The van der Waals surface area contributed by atoms with E-state index in [0.29, 0.717) is 16.7 Å². The van der Waals surface area contributed by atoms with Gasteiger partial charge in [-0.3, -0.25) is 4.79 Å². The number of fused-ring (bicyclic) bond motifs is 1. The third kappa shape index (κ3) is 2.93. The summed E-state index contributed by atoms with van der Waals surface area (Å²) in [5.41, 5.74) is 1.22. The molecule has 0 radical (unpaired) electrons. The van der Waals surface area contributed by atoms with Gasteiger partial charge in [-0.2, -0.15) is 0 Å². The van der Waals surface area contributed by atoms with E-state index in [1.807, 2.05) is 19.1 Å². The van der Waals surface area contributed by atoms with Gasteiger partial charge in [-0.25, -0.2) is 8.42 Å². The maximum Gasteiger partial charge on any atom is 0.211 e. The molecule has 2 aromatic carbocycles. The zero-order valence-electron chi connectivity index (χ0n) is 14.3. The molecule has 0 aliphatic carbocycles. The van der Waals surface area contributed by atoms with Crippen molar-refractivity contribution in [1.29, 1.82) is 0 Å². The van der Waals surface area contributed by atoms with Crippen molar-refractivity contribution in [3.63, 3.8) is 0 Å². The topological polar surface area (TPSA) is 65.4 Å². The summed E-state index contributed by atoms with van der Waals surface area (Å²) in [4.78, 5) is 12.7. The standard InChI is InChI=1S/C19H19NO4S/c1-4-13-5-10-17-16(11-13)19(21)18(12-20(17)2)25(22,23)15-8-6-14(24-3)7-9-15/h5-12H,4H2,1-3H3. The molecule has 0 saturated heterocycles. The Hall–Kier alpha value is -2.60. The monoisotopic (exact) mass is 357 g/mol. The first-order valence-electron chi connectivity index (χ1n) is 7.90. The smallest absolute Gasteiger partial charge is 0.211 e. The van der Waals surface area contributed by atoms with Crippen molar-refractivity contribution in [3.05, 3.63) is 64.4 Å². The van der Waals surface area contributed by atoms with Crippen LogP contribution in [0.3, 0.4) is 0 Å². The minimum Gasteiger partial charge on any atom is -0.497 e. The van der Waals surface area contributed by atoms with Crippen LogP contribution < -0.4 is 10.2 Å². The van der Waals surface area contributed by atoms with Gasteiger partial charge in [0.25, 0.3) is 0 Å². The summed E-state index contributed by atoms with van der Waals surface area (Å²) in [6, 6.07) is 11.6. The van der Waals surface area contributed by atoms with Gasteiger partial charge < -0.3 is 9.30 Å². The first kappa shape index (κ1) is 17.2. The molecule has 5 nitrogen and oxygen atoms in total. The molecule has 0 bridgehead atoms. The van der Waals surface area contributed by atoms with Crippen molar-refractivity contribution in [2.75, 3.05) is 7.11 Å². The lowest BCUT2D eigenvalue weighted by Gasteiger charge is -2.11. The third-order valence-corrected chi connectivity index (χ3v) is 6.05. The average Bonchev–Trinajstić information content (AvgIpc) is 2.64. The van der Waals surface area contributed by atoms with Gasteiger partial charge in [0.05, 0.1) is 17.5 Å². The summed E-state index contributed by atoms with van der Waals surface area (Å²) in [6.07, 6.45) is 2.16. The van der Waals surface area contributed by atoms with Crippen LogP contribution in [0.5, 0.6) is 5.75 Å². The Bertz CT molecular complexity index is 1100. The summed E-state index contributed by atoms with van der Waals surface area (Å²) >= 11 is 0. The minimum atomic E-state index is -3.92. The predicted molar refractivity (Wildman–Crippen MR) is 97.0 cm³/mol. The van der Waals surface area contributed by atoms with Crippen LogP contribution in [-0.2, 0) is 23.3 Å². The number of aromatic nitrogens is 1. The molecule has 0 aliphatic rings. The molecule has 130 valence electrons. The number of nitrogens with zero attached hydrogens (tertiary/aromatic N) is 1. The zero-order chi connectivity index (χ0) is 18.2. The minimum absolute atomic E-state index is 0.0661. The van der Waals surface area contributed by atoms with Crippen molar-refractivity contribution in [2.24, 2.45) is 7.05 Å². The molecule has 3 rings (SSSR count). The average molecular weight is 357 g/mol. The summed E-state index contributed by atoms with van der Waals surface area (Å²) in [5, 5.41) is 0.413. The highest BCUT2D eigenvalue weighted by molar-refractivity contribution is 7.91. The van der Waals surface area contributed by atoms with Crippen LogP contribution in [0.15, 0.2) is 63.2 Å². The summed E-state index contributed by atoms with van der Waals surface area (Å²) < 4.78 is 32.6. The first-order valence-corrected chi connectivity index (χ1v) is 9.38. The van der Waals surface area contributed by atoms with Gasteiger partial charge in [0.1, 0.15) is 10.6 Å². The molecule has 1 heterocycles. The molecular weight excluding hydrogens is 338 g/mol. The molecule has 0 atom stereocenters. The molecule has 25 heavy (non-hydrogen) atoms. The largest absolute Gasteiger partial charge is 0.497 e. The Morgan fingerprint density at radius 3 is 2.36 bits per heavy atom. The lowest BCUT2D eigenvalue weighted by molar-refractivity contribution is 0.414. The van der Waals surface area contributed by atoms with Crippen LogP contribution in [0.2, 0.25) is 0 Å². The maximum absolute atomic E-state index is 13.0. The molecule has 0 fully saturated rings. The number of benzene rings is 2. The van der Waals surface area contributed by atoms with Crippen LogP contribution in [-0.4, -0.2) is 20.1 Å². The van der Waals surface area contributed by atoms with E-state index in [9.17, 15) is 13.2 Å². The van der Waals surface area contributed by atoms with E-state index in [1.165, 1.54) is 25.4 Å². The van der Waals surface area contributed by atoms with Gasteiger partial charge in [0.2, 0.25) is 15.3 Å². The summed E-state index contributed by atoms with van der Waals surface area (Å²) in [6.45, 7) is 1.99. The van der Waals surface area contributed by atoms with Gasteiger partial charge in [-0.05, 0) is 48.4 Å². The molecule has 0 spiro atoms. The van der Waals surface area contributed by atoms with Crippen molar-refractivity contribution >= 4 is 20.7 Å². The summed E-state index contributed by atoms with van der Waals surface area (Å²) in [5.74, 6) is 0.554. The lowest BCUT2D eigenvalue weighted by atomic mass is 10.1. The van der Waals surface area contributed by atoms with E-state index in [1.54, 1.807) is 29.8 Å². The first-order chi connectivity index (χ1) is 11.9. The van der Waals surface area contributed by atoms with E-state index >= 15 is 0 Å². The molecule has 0 saturated carbocycles.